The van der Waals surface area contributed by atoms with Crippen molar-refractivity contribution in [3.8, 4) is 11.5 Å². The van der Waals surface area contributed by atoms with E-state index >= 15 is 0 Å². The molecular formula is C26H34FNO5. The second-order valence-electron chi connectivity index (χ2n) is 10.9. The highest BCUT2D eigenvalue weighted by molar-refractivity contribution is 5.79. The van der Waals surface area contributed by atoms with Crippen molar-refractivity contribution < 1.29 is 28.5 Å². The zero-order valence-electron chi connectivity index (χ0n) is 19.9. The van der Waals surface area contributed by atoms with Crippen molar-refractivity contribution in [2.45, 2.75) is 88.6 Å². The monoisotopic (exact) mass is 459 g/mol. The third-order valence-corrected chi connectivity index (χ3v) is 7.86. The number of benzene rings is 1. The lowest BCUT2D eigenvalue weighted by Crippen LogP contribution is -2.48. The number of rotatable bonds is 5. The first-order valence-electron chi connectivity index (χ1n) is 12.0. The number of aliphatic hydroxyl groups is 1. The third kappa shape index (κ3) is 3.83. The Hall–Kier alpha value is -2.12. The minimum absolute atomic E-state index is 0.00201. The first-order chi connectivity index (χ1) is 15.5. The van der Waals surface area contributed by atoms with Crippen LogP contribution in [0.25, 0.3) is 0 Å². The Morgan fingerprint density at radius 2 is 1.97 bits per heavy atom. The van der Waals surface area contributed by atoms with Gasteiger partial charge in [-0.05, 0) is 95.2 Å². The molecule has 4 atom stereocenters. The molecule has 33 heavy (non-hydrogen) atoms. The van der Waals surface area contributed by atoms with Crippen LogP contribution >= 0.6 is 0 Å². The lowest BCUT2D eigenvalue weighted by molar-refractivity contribution is -0.170. The quantitative estimate of drug-likeness (QED) is 0.530. The molecular weight excluding hydrogens is 425 g/mol. The van der Waals surface area contributed by atoms with Crippen molar-refractivity contribution in [2.24, 2.45) is 0 Å². The topological polar surface area (TPSA) is 68.2 Å². The van der Waals surface area contributed by atoms with E-state index in [1.54, 1.807) is 0 Å². The molecule has 1 aromatic carbocycles. The molecule has 3 aliphatic heterocycles. The molecule has 0 aromatic heterocycles. The van der Waals surface area contributed by atoms with Gasteiger partial charge in [-0.25, -0.2) is 9.18 Å². The summed E-state index contributed by atoms with van der Waals surface area (Å²) in [6.45, 7) is 8.47. The molecule has 7 heteroatoms. The summed E-state index contributed by atoms with van der Waals surface area (Å²) >= 11 is 0. The number of fused-ring (bicyclic) bond motifs is 3. The van der Waals surface area contributed by atoms with E-state index in [9.17, 15) is 14.3 Å². The largest absolute Gasteiger partial charge is 0.455 e. The van der Waals surface area contributed by atoms with E-state index in [1.165, 1.54) is 26.3 Å². The maximum absolute atomic E-state index is 14.0. The molecule has 0 bridgehead atoms. The van der Waals surface area contributed by atoms with Gasteiger partial charge in [0.2, 0.25) is 6.79 Å². The van der Waals surface area contributed by atoms with Crippen molar-refractivity contribution in [2.75, 3.05) is 19.9 Å². The molecule has 5 rings (SSSR count). The first-order valence-corrected chi connectivity index (χ1v) is 12.0. The average molecular weight is 460 g/mol. The number of hydrogen-bond donors (Lipinski definition) is 1. The molecule has 2 unspecified atom stereocenters. The zero-order chi connectivity index (χ0) is 23.6. The van der Waals surface area contributed by atoms with Crippen molar-refractivity contribution in [1.29, 1.82) is 0 Å². The number of esters is 1. The summed E-state index contributed by atoms with van der Waals surface area (Å²) in [7, 11) is 0. The van der Waals surface area contributed by atoms with Crippen LogP contribution in [0.15, 0.2) is 23.8 Å². The fourth-order valence-electron chi connectivity index (χ4n) is 6.09. The summed E-state index contributed by atoms with van der Waals surface area (Å²) < 4.78 is 31.4. The highest BCUT2D eigenvalue weighted by Gasteiger charge is 2.57. The number of carbonyl (C=O) groups excluding carboxylic acids is 1. The predicted molar refractivity (Wildman–Crippen MR) is 121 cm³/mol. The maximum Gasteiger partial charge on any atom is 0.338 e. The van der Waals surface area contributed by atoms with Crippen LogP contribution < -0.4 is 9.47 Å². The molecule has 1 fully saturated rings. The summed E-state index contributed by atoms with van der Waals surface area (Å²) in [5, 5.41) is 10.8. The molecule has 1 N–H and O–H groups in total. The van der Waals surface area contributed by atoms with E-state index in [0.29, 0.717) is 0 Å². The van der Waals surface area contributed by atoms with Crippen LogP contribution in [0.2, 0.25) is 0 Å². The Bertz CT molecular complexity index is 997. The van der Waals surface area contributed by atoms with E-state index in [-0.39, 0.29) is 31.1 Å². The van der Waals surface area contributed by atoms with Crippen molar-refractivity contribution in [1.82, 2.24) is 4.90 Å². The summed E-state index contributed by atoms with van der Waals surface area (Å²) in [5.41, 5.74) is -0.137. The Balaban J connectivity index is 1.50. The van der Waals surface area contributed by atoms with E-state index in [2.05, 4.69) is 23.1 Å². The fraction of sp³-hybridized carbons (Fsp3) is 0.654. The molecule has 0 saturated carbocycles. The van der Waals surface area contributed by atoms with Gasteiger partial charge in [0.1, 0.15) is 11.8 Å². The Kier molecular flexibility index (Phi) is 5.29. The lowest BCUT2D eigenvalue weighted by atomic mass is 9.77. The van der Waals surface area contributed by atoms with Gasteiger partial charge in [0.05, 0.1) is 5.54 Å². The average Bonchev–Trinajstić information content (AvgIpc) is 3.40. The SMILES string of the molecule is CC1=C[C@]23CCCN2CCc2cc4c(cc2[C@@H]3C1OC(=O)C(C)(O)CCC(C)(C)F)OCO4. The molecule has 0 radical (unpaired) electrons. The molecule has 1 aliphatic carbocycles. The predicted octanol–water partition coefficient (Wildman–Crippen LogP) is 4.04. The molecule has 6 nitrogen and oxygen atoms in total. The van der Waals surface area contributed by atoms with Gasteiger partial charge >= 0.3 is 5.97 Å². The van der Waals surface area contributed by atoms with Crippen molar-refractivity contribution in [3.05, 3.63) is 34.9 Å². The molecule has 1 aromatic rings. The highest BCUT2D eigenvalue weighted by atomic mass is 19.1. The third-order valence-electron chi connectivity index (χ3n) is 7.86. The standard InChI is InChI=1S/C26H34FNO5/c1-16-14-26-7-5-10-28(26)11-6-17-12-19-20(32-15-31-19)13-18(17)21(26)22(16)33-23(29)25(4,30)9-8-24(2,3)27/h12-14,21-22,30H,5-11,15H2,1-4H3/t21-,22?,25?,26+/m1/s1. The van der Waals surface area contributed by atoms with Crippen LogP contribution in [0.4, 0.5) is 4.39 Å². The first kappa shape index (κ1) is 22.7. The van der Waals surface area contributed by atoms with Crippen LogP contribution in [-0.4, -0.2) is 58.8 Å². The molecule has 1 spiro atoms. The Labute approximate surface area is 194 Å². The number of hydrogen-bond acceptors (Lipinski definition) is 6. The second-order valence-corrected chi connectivity index (χ2v) is 10.9. The van der Waals surface area contributed by atoms with Gasteiger partial charge in [-0.3, -0.25) is 4.90 Å². The van der Waals surface area contributed by atoms with Gasteiger partial charge in [-0.15, -0.1) is 0 Å². The van der Waals surface area contributed by atoms with Gasteiger partial charge in [-0.2, -0.15) is 0 Å². The fourth-order valence-corrected chi connectivity index (χ4v) is 6.09. The van der Waals surface area contributed by atoms with E-state index in [4.69, 9.17) is 14.2 Å². The highest BCUT2D eigenvalue weighted by Crippen LogP contribution is 2.55. The van der Waals surface area contributed by atoms with Crippen LogP contribution in [0, 0.1) is 0 Å². The number of ether oxygens (including phenoxy) is 3. The van der Waals surface area contributed by atoms with Crippen LogP contribution in [0.3, 0.4) is 0 Å². The van der Waals surface area contributed by atoms with Crippen molar-refractivity contribution >= 4 is 5.97 Å². The zero-order valence-corrected chi connectivity index (χ0v) is 19.9. The number of carbonyl (C=O) groups is 1. The van der Waals surface area contributed by atoms with Crippen molar-refractivity contribution in [3.63, 3.8) is 0 Å². The summed E-state index contributed by atoms with van der Waals surface area (Å²) in [5.74, 6) is 0.696. The minimum Gasteiger partial charge on any atom is -0.455 e. The smallest absolute Gasteiger partial charge is 0.338 e. The number of nitrogens with zero attached hydrogens (tertiary/aromatic N) is 1. The summed E-state index contributed by atoms with van der Waals surface area (Å²) in [4.78, 5) is 15.7. The number of alkyl halides is 1. The van der Waals surface area contributed by atoms with E-state index < -0.39 is 23.3 Å². The van der Waals surface area contributed by atoms with E-state index in [1.807, 2.05) is 6.92 Å². The maximum atomic E-state index is 14.0. The van der Waals surface area contributed by atoms with Crippen LogP contribution in [0.1, 0.15) is 70.4 Å². The van der Waals surface area contributed by atoms with Crippen LogP contribution in [-0.2, 0) is 16.0 Å². The van der Waals surface area contributed by atoms with Gasteiger partial charge in [0.25, 0.3) is 0 Å². The summed E-state index contributed by atoms with van der Waals surface area (Å²) in [6.07, 6.45) is 4.82. The normalized spacial score (nSPS) is 30.1. The lowest BCUT2D eigenvalue weighted by Gasteiger charge is -2.40. The van der Waals surface area contributed by atoms with E-state index in [0.717, 1.165) is 55.0 Å². The molecule has 4 aliphatic rings. The molecule has 180 valence electrons. The van der Waals surface area contributed by atoms with Gasteiger partial charge in [0.15, 0.2) is 17.1 Å². The Morgan fingerprint density at radius 1 is 1.24 bits per heavy atom. The molecule has 1 saturated heterocycles. The van der Waals surface area contributed by atoms with Gasteiger partial charge < -0.3 is 19.3 Å². The molecule has 3 heterocycles. The molecule has 0 amide bonds. The number of halogens is 1. The Morgan fingerprint density at radius 3 is 2.70 bits per heavy atom. The van der Waals surface area contributed by atoms with Gasteiger partial charge in [0, 0.05) is 12.5 Å². The summed E-state index contributed by atoms with van der Waals surface area (Å²) in [6, 6.07) is 4.13. The minimum atomic E-state index is -1.75. The van der Waals surface area contributed by atoms with Gasteiger partial charge in [-0.1, -0.05) is 6.08 Å². The van der Waals surface area contributed by atoms with Crippen LogP contribution in [0.5, 0.6) is 11.5 Å². The second kappa shape index (κ2) is 7.70.